The Balaban J connectivity index is 1.61. The number of H-pyrrole nitrogens is 1. The van der Waals surface area contributed by atoms with Gasteiger partial charge in [-0.3, -0.25) is 9.89 Å². The van der Waals surface area contributed by atoms with Crippen LogP contribution in [0.2, 0.25) is 5.02 Å². The molecule has 1 saturated heterocycles. The van der Waals surface area contributed by atoms with E-state index in [1.807, 2.05) is 30.5 Å². The maximum absolute atomic E-state index is 13.1. The Hall–Kier alpha value is -1.81. The Labute approximate surface area is 153 Å². The number of benzene rings is 1. The molecule has 1 unspecified atom stereocenters. The molecule has 2 aliphatic rings. The second-order valence-corrected chi connectivity index (χ2v) is 7.67. The molecule has 1 aromatic carbocycles. The van der Waals surface area contributed by atoms with Crippen LogP contribution >= 0.6 is 11.6 Å². The third kappa shape index (κ3) is 3.32. The maximum atomic E-state index is 13.1. The number of hydrogen-bond donors (Lipinski definition) is 1. The van der Waals surface area contributed by atoms with E-state index >= 15 is 0 Å². The quantitative estimate of drug-likeness (QED) is 0.842. The number of carbonyl (C=O) groups is 1. The van der Waals surface area contributed by atoms with E-state index in [0.29, 0.717) is 10.9 Å². The molecule has 1 aliphatic heterocycles. The number of aromatic amines is 1. The van der Waals surface area contributed by atoms with E-state index in [4.69, 9.17) is 11.6 Å². The van der Waals surface area contributed by atoms with Crippen LogP contribution in [0, 0.1) is 5.92 Å². The van der Waals surface area contributed by atoms with Crippen LogP contribution < -0.4 is 0 Å². The summed E-state index contributed by atoms with van der Waals surface area (Å²) in [7, 11) is 0. The molecule has 4 nitrogen and oxygen atoms in total. The lowest BCUT2D eigenvalue weighted by atomic mass is 9.88. The molecule has 132 valence electrons. The smallest absolute Gasteiger partial charge is 0.226 e. The van der Waals surface area contributed by atoms with Crippen molar-refractivity contribution >= 4 is 17.5 Å². The van der Waals surface area contributed by atoms with E-state index in [0.717, 1.165) is 49.0 Å². The van der Waals surface area contributed by atoms with Gasteiger partial charge in [0, 0.05) is 23.0 Å². The molecule has 0 spiro atoms. The van der Waals surface area contributed by atoms with Crippen LogP contribution in [0.25, 0.3) is 11.1 Å². The van der Waals surface area contributed by atoms with Gasteiger partial charge in [0.15, 0.2) is 0 Å². The molecular formula is C20H24ClN3O. The molecule has 1 N–H and O–H groups in total. The second kappa shape index (κ2) is 7.20. The third-order valence-corrected chi connectivity index (χ3v) is 5.86. The van der Waals surface area contributed by atoms with Crippen molar-refractivity contribution in [1.29, 1.82) is 0 Å². The molecule has 4 rings (SSSR count). The van der Waals surface area contributed by atoms with Gasteiger partial charge in [0.1, 0.15) is 0 Å². The first-order valence-corrected chi connectivity index (χ1v) is 9.71. The molecule has 2 heterocycles. The molecule has 1 amide bonds. The van der Waals surface area contributed by atoms with Gasteiger partial charge in [-0.2, -0.15) is 5.10 Å². The topological polar surface area (TPSA) is 49.0 Å². The monoisotopic (exact) mass is 357 g/mol. The van der Waals surface area contributed by atoms with Crippen LogP contribution in [-0.4, -0.2) is 27.5 Å². The Bertz CT molecular complexity index is 751. The van der Waals surface area contributed by atoms with Crippen molar-refractivity contribution in [3.8, 4) is 11.1 Å². The van der Waals surface area contributed by atoms with E-state index < -0.39 is 0 Å². The average Bonchev–Trinajstić information content (AvgIpc) is 3.30. The van der Waals surface area contributed by atoms with Crippen molar-refractivity contribution in [2.45, 2.75) is 51.0 Å². The Morgan fingerprint density at radius 3 is 2.80 bits per heavy atom. The zero-order valence-electron chi connectivity index (χ0n) is 14.4. The molecule has 1 aromatic heterocycles. The first kappa shape index (κ1) is 16.6. The van der Waals surface area contributed by atoms with Crippen molar-refractivity contribution in [3.63, 3.8) is 0 Å². The van der Waals surface area contributed by atoms with Crippen molar-refractivity contribution in [2.24, 2.45) is 5.92 Å². The summed E-state index contributed by atoms with van der Waals surface area (Å²) in [6.07, 6.45) is 9.64. The van der Waals surface area contributed by atoms with Gasteiger partial charge >= 0.3 is 0 Å². The standard InChI is InChI=1S/C20H24ClN3O/c21-16-9-4-8-15(12-16)17-13-22-23-19(17)18-10-5-11-24(18)20(25)14-6-2-1-3-7-14/h4,8-9,12-14,18H,1-3,5-7,10-11H2,(H,22,23). The number of amides is 1. The zero-order chi connectivity index (χ0) is 17.2. The lowest BCUT2D eigenvalue weighted by Crippen LogP contribution is -2.36. The van der Waals surface area contributed by atoms with Crippen LogP contribution in [0.4, 0.5) is 0 Å². The normalized spacial score (nSPS) is 21.6. The molecule has 25 heavy (non-hydrogen) atoms. The van der Waals surface area contributed by atoms with Crippen molar-refractivity contribution in [3.05, 3.63) is 41.2 Å². The molecule has 5 heteroatoms. The van der Waals surface area contributed by atoms with E-state index in [9.17, 15) is 4.79 Å². The van der Waals surface area contributed by atoms with E-state index in [1.54, 1.807) is 0 Å². The van der Waals surface area contributed by atoms with Gasteiger partial charge in [0.05, 0.1) is 17.9 Å². The fraction of sp³-hybridized carbons (Fsp3) is 0.500. The molecule has 2 aromatic rings. The minimum atomic E-state index is 0.103. The van der Waals surface area contributed by atoms with Crippen LogP contribution in [0.15, 0.2) is 30.5 Å². The van der Waals surface area contributed by atoms with Gasteiger partial charge in [-0.15, -0.1) is 0 Å². The molecular weight excluding hydrogens is 334 g/mol. The summed E-state index contributed by atoms with van der Waals surface area (Å²) in [4.78, 5) is 15.2. The van der Waals surface area contributed by atoms with Crippen LogP contribution in [0.5, 0.6) is 0 Å². The minimum Gasteiger partial charge on any atom is -0.334 e. The van der Waals surface area contributed by atoms with Crippen LogP contribution in [0.1, 0.15) is 56.7 Å². The Morgan fingerprint density at radius 2 is 2.00 bits per heavy atom. The summed E-state index contributed by atoms with van der Waals surface area (Å²) < 4.78 is 0. The second-order valence-electron chi connectivity index (χ2n) is 7.23. The van der Waals surface area contributed by atoms with Crippen LogP contribution in [-0.2, 0) is 4.79 Å². The predicted molar refractivity (Wildman–Crippen MR) is 99.3 cm³/mol. The van der Waals surface area contributed by atoms with Crippen LogP contribution in [0.3, 0.4) is 0 Å². The summed E-state index contributed by atoms with van der Waals surface area (Å²) in [5, 5.41) is 8.15. The fourth-order valence-electron chi connectivity index (χ4n) is 4.35. The number of likely N-dealkylation sites (tertiary alicyclic amines) is 1. The number of halogens is 1. The number of rotatable bonds is 3. The van der Waals surface area contributed by atoms with E-state index in [2.05, 4.69) is 15.1 Å². The molecule has 2 fully saturated rings. The molecule has 1 atom stereocenters. The maximum Gasteiger partial charge on any atom is 0.226 e. The van der Waals surface area contributed by atoms with Gasteiger partial charge in [-0.1, -0.05) is 43.0 Å². The van der Waals surface area contributed by atoms with Gasteiger partial charge in [-0.05, 0) is 43.4 Å². The molecule has 1 saturated carbocycles. The number of carbonyl (C=O) groups excluding carboxylic acids is 1. The van der Waals surface area contributed by atoms with Gasteiger partial charge in [-0.25, -0.2) is 0 Å². The van der Waals surface area contributed by atoms with Crippen molar-refractivity contribution in [2.75, 3.05) is 6.54 Å². The number of nitrogens with zero attached hydrogens (tertiary/aromatic N) is 2. The number of hydrogen-bond acceptors (Lipinski definition) is 2. The molecule has 1 aliphatic carbocycles. The third-order valence-electron chi connectivity index (χ3n) is 5.63. The molecule has 0 bridgehead atoms. The lowest BCUT2D eigenvalue weighted by molar-refractivity contribution is -0.137. The zero-order valence-corrected chi connectivity index (χ0v) is 15.1. The average molecular weight is 358 g/mol. The largest absolute Gasteiger partial charge is 0.334 e. The summed E-state index contributed by atoms with van der Waals surface area (Å²) in [6, 6.07) is 7.93. The minimum absolute atomic E-state index is 0.103. The fourth-order valence-corrected chi connectivity index (χ4v) is 4.54. The SMILES string of the molecule is O=C(C1CCCCC1)N1CCCC1c1[nH]ncc1-c1cccc(Cl)c1. The highest BCUT2D eigenvalue weighted by Crippen LogP contribution is 2.39. The van der Waals surface area contributed by atoms with E-state index in [1.165, 1.54) is 19.3 Å². The highest BCUT2D eigenvalue weighted by molar-refractivity contribution is 6.30. The summed E-state index contributed by atoms with van der Waals surface area (Å²) >= 11 is 6.16. The number of aromatic nitrogens is 2. The van der Waals surface area contributed by atoms with Gasteiger partial charge < -0.3 is 4.90 Å². The Kier molecular flexibility index (Phi) is 4.80. The summed E-state index contributed by atoms with van der Waals surface area (Å²) in [5.74, 6) is 0.556. The Morgan fingerprint density at radius 1 is 1.16 bits per heavy atom. The molecule has 0 radical (unpaired) electrons. The highest BCUT2D eigenvalue weighted by atomic mass is 35.5. The van der Waals surface area contributed by atoms with Gasteiger partial charge in [0.25, 0.3) is 0 Å². The van der Waals surface area contributed by atoms with Gasteiger partial charge in [0.2, 0.25) is 5.91 Å². The first-order valence-electron chi connectivity index (χ1n) is 9.34. The highest BCUT2D eigenvalue weighted by Gasteiger charge is 2.36. The summed E-state index contributed by atoms with van der Waals surface area (Å²) in [6.45, 7) is 0.855. The van der Waals surface area contributed by atoms with Crippen molar-refractivity contribution in [1.82, 2.24) is 15.1 Å². The lowest BCUT2D eigenvalue weighted by Gasteiger charge is -2.30. The number of nitrogens with one attached hydrogen (secondary N) is 1. The predicted octanol–water partition coefficient (Wildman–Crippen LogP) is 4.97. The first-order chi connectivity index (χ1) is 12.2. The summed E-state index contributed by atoms with van der Waals surface area (Å²) in [5.41, 5.74) is 3.15. The van der Waals surface area contributed by atoms with E-state index in [-0.39, 0.29) is 12.0 Å². The van der Waals surface area contributed by atoms with Crippen molar-refractivity contribution < 1.29 is 4.79 Å².